The van der Waals surface area contributed by atoms with Crippen molar-refractivity contribution in [3.8, 4) is 5.75 Å². The predicted octanol–water partition coefficient (Wildman–Crippen LogP) is 4.63. The van der Waals surface area contributed by atoms with Crippen LogP contribution < -0.4 is 20.3 Å². The van der Waals surface area contributed by atoms with E-state index >= 15 is 0 Å². The van der Waals surface area contributed by atoms with Crippen LogP contribution in [0, 0.1) is 0 Å². The molecule has 1 aliphatic heterocycles. The SMILES string of the molecule is O=C(Nc1cccnc1)NC1CCN(c2nccc(OC3CCCCC3)c2Cl)CC1. The number of nitrogens with zero attached hydrogens (tertiary/aromatic N) is 3. The third kappa shape index (κ3) is 5.33. The van der Waals surface area contributed by atoms with Gasteiger partial charge in [-0.15, -0.1) is 0 Å². The molecule has 2 N–H and O–H groups in total. The lowest BCUT2D eigenvalue weighted by molar-refractivity contribution is 0.155. The number of ether oxygens (including phenoxy) is 1. The summed E-state index contributed by atoms with van der Waals surface area (Å²) in [5.74, 6) is 1.49. The van der Waals surface area contributed by atoms with Crippen molar-refractivity contribution >= 4 is 29.1 Å². The van der Waals surface area contributed by atoms with Gasteiger partial charge in [-0.05, 0) is 50.7 Å². The summed E-state index contributed by atoms with van der Waals surface area (Å²) in [5.41, 5.74) is 0.679. The van der Waals surface area contributed by atoms with Crippen LogP contribution in [0.4, 0.5) is 16.3 Å². The van der Waals surface area contributed by atoms with Crippen molar-refractivity contribution in [3.05, 3.63) is 41.8 Å². The van der Waals surface area contributed by atoms with Gasteiger partial charge in [0, 0.05) is 37.6 Å². The largest absolute Gasteiger partial charge is 0.489 e. The summed E-state index contributed by atoms with van der Waals surface area (Å²) >= 11 is 6.66. The van der Waals surface area contributed by atoms with Crippen molar-refractivity contribution in [2.24, 2.45) is 0 Å². The number of pyridine rings is 2. The summed E-state index contributed by atoms with van der Waals surface area (Å²) in [7, 11) is 0. The first-order valence-corrected chi connectivity index (χ1v) is 11.1. The smallest absolute Gasteiger partial charge is 0.319 e. The van der Waals surface area contributed by atoms with Gasteiger partial charge < -0.3 is 20.3 Å². The van der Waals surface area contributed by atoms with Crippen molar-refractivity contribution in [1.29, 1.82) is 0 Å². The van der Waals surface area contributed by atoms with E-state index in [2.05, 4.69) is 25.5 Å². The quantitative estimate of drug-likeness (QED) is 0.724. The minimum absolute atomic E-state index is 0.110. The molecule has 2 amide bonds. The van der Waals surface area contributed by atoms with Gasteiger partial charge in [0.1, 0.15) is 10.8 Å². The first-order valence-electron chi connectivity index (χ1n) is 10.7. The number of hydrogen-bond acceptors (Lipinski definition) is 5. The van der Waals surface area contributed by atoms with Crippen LogP contribution in [0.2, 0.25) is 5.02 Å². The van der Waals surface area contributed by atoms with E-state index in [0.717, 1.165) is 50.3 Å². The highest BCUT2D eigenvalue weighted by atomic mass is 35.5. The van der Waals surface area contributed by atoms with Gasteiger partial charge in [0.05, 0.1) is 18.0 Å². The monoisotopic (exact) mass is 429 g/mol. The van der Waals surface area contributed by atoms with Gasteiger partial charge in [-0.1, -0.05) is 18.0 Å². The van der Waals surface area contributed by atoms with Crippen LogP contribution in [0.5, 0.6) is 5.75 Å². The molecule has 2 aromatic rings. The number of halogens is 1. The van der Waals surface area contributed by atoms with E-state index in [0.29, 0.717) is 10.7 Å². The number of urea groups is 1. The molecular weight excluding hydrogens is 402 g/mol. The fourth-order valence-electron chi connectivity index (χ4n) is 4.11. The Hall–Kier alpha value is -2.54. The number of anilines is 2. The lowest BCUT2D eigenvalue weighted by Gasteiger charge is -2.34. The third-order valence-electron chi connectivity index (χ3n) is 5.73. The molecule has 1 aliphatic carbocycles. The molecule has 1 saturated carbocycles. The molecule has 0 spiro atoms. The van der Waals surface area contributed by atoms with Crippen molar-refractivity contribution in [2.75, 3.05) is 23.3 Å². The maximum atomic E-state index is 12.2. The molecular formula is C22H28ClN5O2. The molecule has 2 aliphatic rings. The zero-order valence-corrected chi connectivity index (χ0v) is 17.8. The van der Waals surface area contributed by atoms with Crippen LogP contribution in [0.3, 0.4) is 0 Å². The van der Waals surface area contributed by atoms with Crippen LogP contribution in [-0.2, 0) is 0 Å². The maximum Gasteiger partial charge on any atom is 0.319 e. The first-order chi connectivity index (χ1) is 14.7. The van der Waals surface area contributed by atoms with Crippen LogP contribution in [0.15, 0.2) is 36.8 Å². The Morgan fingerprint density at radius 3 is 2.63 bits per heavy atom. The number of aromatic nitrogens is 2. The standard InChI is InChI=1S/C22H28ClN5O2/c23-20-19(30-18-6-2-1-3-7-18)8-12-25-21(20)28-13-9-16(10-14-28)26-22(29)27-17-5-4-11-24-15-17/h4-5,8,11-12,15-16,18H,1-3,6-7,9-10,13-14H2,(H2,26,27,29). The fraction of sp³-hybridized carbons (Fsp3) is 0.500. The highest BCUT2D eigenvalue weighted by Crippen LogP contribution is 2.35. The van der Waals surface area contributed by atoms with Crippen LogP contribution >= 0.6 is 11.6 Å². The molecule has 2 aromatic heterocycles. The normalized spacial score (nSPS) is 18.1. The Labute approximate surface area is 182 Å². The molecule has 0 atom stereocenters. The molecule has 0 unspecified atom stereocenters. The summed E-state index contributed by atoms with van der Waals surface area (Å²) in [6.45, 7) is 1.55. The third-order valence-corrected chi connectivity index (χ3v) is 6.09. The van der Waals surface area contributed by atoms with E-state index < -0.39 is 0 Å². The number of carbonyl (C=O) groups is 1. The average molecular weight is 430 g/mol. The second kappa shape index (κ2) is 9.98. The van der Waals surface area contributed by atoms with E-state index in [1.165, 1.54) is 19.3 Å². The Morgan fingerprint density at radius 1 is 1.10 bits per heavy atom. The fourth-order valence-corrected chi connectivity index (χ4v) is 4.39. The van der Waals surface area contributed by atoms with E-state index in [9.17, 15) is 4.79 Å². The molecule has 7 nitrogen and oxygen atoms in total. The maximum absolute atomic E-state index is 12.2. The number of rotatable bonds is 5. The number of nitrogens with one attached hydrogen (secondary N) is 2. The minimum Gasteiger partial charge on any atom is -0.489 e. The molecule has 4 rings (SSSR count). The van der Waals surface area contributed by atoms with E-state index in [-0.39, 0.29) is 18.2 Å². The number of piperidine rings is 1. The van der Waals surface area contributed by atoms with E-state index in [1.54, 1.807) is 24.7 Å². The molecule has 160 valence electrons. The van der Waals surface area contributed by atoms with Gasteiger partial charge in [-0.2, -0.15) is 0 Å². The highest BCUT2D eigenvalue weighted by molar-refractivity contribution is 6.34. The van der Waals surface area contributed by atoms with Crippen molar-refractivity contribution in [1.82, 2.24) is 15.3 Å². The lowest BCUT2D eigenvalue weighted by Crippen LogP contribution is -2.46. The Morgan fingerprint density at radius 2 is 1.90 bits per heavy atom. The molecule has 0 bridgehead atoms. The zero-order chi connectivity index (χ0) is 20.8. The summed E-state index contributed by atoms with van der Waals surface area (Å²) in [4.78, 5) is 22.9. The minimum atomic E-state index is -0.208. The Bertz CT molecular complexity index is 837. The summed E-state index contributed by atoms with van der Waals surface area (Å²) in [6, 6.07) is 5.36. The summed E-state index contributed by atoms with van der Waals surface area (Å²) in [5, 5.41) is 6.44. The second-order valence-corrected chi connectivity index (χ2v) is 8.30. The molecule has 30 heavy (non-hydrogen) atoms. The van der Waals surface area contributed by atoms with Gasteiger partial charge in [0.15, 0.2) is 5.82 Å². The van der Waals surface area contributed by atoms with Gasteiger partial charge >= 0.3 is 6.03 Å². The highest BCUT2D eigenvalue weighted by Gasteiger charge is 2.25. The molecule has 1 saturated heterocycles. The summed E-state index contributed by atoms with van der Waals surface area (Å²) < 4.78 is 6.18. The first kappa shape index (κ1) is 20.7. The van der Waals surface area contributed by atoms with Crippen LogP contribution in [0.1, 0.15) is 44.9 Å². The molecule has 2 fully saturated rings. The van der Waals surface area contributed by atoms with Gasteiger partial charge in [0.2, 0.25) is 0 Å². The number of amides is 2. The van der Waals surface area contributed by atoms with Crippen molar-refractivity contribution in [3.63, 3.8) is 0 Å². The van der Waals surface area contributed by atoms with Crippen molar-refractivity contribution < 1.29 is 9.53 Å². The Balaban J connectivity index is 1.30. The van der Waals surface area contributed by atoms with Crippen LogP contribution in [0.25, 0.3) is 0 Å². The molecule has 3 heterocycles. The van der Waals surface area contributed by atoms with Gasteiger partial charge in [-0.25, -0.2) is 9.78 Å². The van der Waals surface area contributed by atoms with E-state index in [1.807, 2.05) is 12.1 Å². The number of carbonyl (C=O) groups excluding carboxylic acids is 1. The lowest BCUT2D eigenvalue weighted by atomic mass is 9.98. The van der Waals surface area contributed by atoms with E-state index in [4.69, 9.17) is 16.3 Å². The van der Waals surface area contributed by atoms with Crippen LogP contribution in [-0.4, -0.2) is 41.2 Å². The topological polar surface area (TPSA) is 79.4 Å². The van der Waals surface area contributed by atoms with Crippen molar-refractivity contribution in [2.45, 2.75) is 57.1 Å². The number of hydrogen-bond donors (Lipinski definition) is 2. The average Bonchev–Trinajstić information content (AvgIpc) is 2.77. The molecule has 8 heteroatoms. The Kier molecular flexibility index (Phi) is 6.89. The molecule has 0 radical (unpaired) electrons. The van der Waals surface area contributed by atoms with Gasteiger partial charge in [-0.3, -0.25) is 4.98 Å². The predicted molar refractivity (Wildman–Crippen MR) is 118 cm³/mol. The zero-order valence-electron chi connectivity index (χ0n) is 17.0. The van der Waals surface area contributed by atoms with Gasteiger partial charge in [0.25, 0.3) is 0 Å². The summed E-state index contributed by atoms with van der Waals surface area (Å²) in [6.07, 6.45) is 12.9. The molecule has 0 aromatic carbocycles. The second-order valence-electron chi connectivity index (χ2n) is 7.93.